The van der Waals surface area contributed by atoms with Crippen molar-refractivity contribution in [1.82, 2.24) is 60.0 Å². The molecule has 3 aliphatic heterocycles. The Bertz CT molecular complexity index is 2900. The highest BCUT2D eigenvalue weighted by molar-refractivity contribution is 6.21. The number of nitrogens with one attached hydrogen (secondary N) is 3. The lowest BCUT2D eigenvalue weighted by Gasteiger charge is -2.47. The number of amides is 12. The highest BCUT2D eigenvalue weighted by Crippen LogP contribution is 2.44. The normalized spacial score (nSPS) is 28.7. The van der Waals surface area contributed by atoms with Gasteiger partial charge < -0.3 is 69.5 Å². The van der Waals surface area contributed by atoms with Gasteiger partial charge in [-0.1, -0.05) is 67.7 Å². The molecule has 0 aromatic carbocycles. The number of nitrogens with zero attached hydrogens (tertiary/aromatic N) is 9. The van der Waals surface area contributed by atoms with Crippen molar-refractivity contribution in [2.45, 2.75) is 230 Å². The molecule has 0 radical (unpaired) electrons. The van der Waals surface area contributed by atoms with E-state index in [-0.39, 0.29) is 128 Å². The summed E-state index contributed by atoms with van der Waals surface area (Å²) in [6.45, 7) is 11.9. The van der Waals surface area contributed by atoms with Gasteiger partial charge in [0.15, 0.2) is 0 Å². The lowest BCUT2D eigenvalue weighted by Crippen LogP contribution is -2.68. The average molecular weight is 1450 g/mol. The molecular formula is C71H116ClF3N12O14. The van der Waals surface area contributed by atoms with Crippen molar-refractivity contribution >= 4 is 82.5 Å². The van der Waals surface area contributed by atoms with Crippen LogP contribution in [0.3, 0.4) is 0 Å². The predicted molar refractivity (Wildman–Crippen MR) is 371 cm³/mol. The van der Waals surface area contributed by atoms with Crippen LogP contribution in [-0.4, -0.2) is 289 Å². The summed E-state index contributed by atoms with van der Waals surface area (Å²) in [6.07, 6.45) is 0.181. The Morgan fingerprint density at radius 1 is 0.673 bits per heavy atom. The van der Waals surface area contributed by atoms with Gasteiger partial charge in [0, 0.05) is 80.4 Å². The fourth-order valence-corrected chi connectivity index (χ4v) is 15.5. The number of carbonyl (C=O) groups excluding carboxylic acids is 12. The molecule has 3 N–H and O–H groups in total. The summed E-state index contributed by atoms with van der Waals surface area (Å²) in [5, 5.41) is 7.47. The smallest absolute Gasteiger partial charge is 0.379 e. The minimum Gasteiger partial charge on any atom is -0.379 e. The number of ether oxygens (including phenoxy) is 2. The Labute approximate surface area is 600 Å². The lowest BCUT2D eigenvalue weighted by molar-refractivity contribution is -0.182. The zero-order valence-corrected chi connectivity index (χ0v) is 62.8. The predicted octanol–water partition coefficient (Wildman–Crippen LogP) is 4.42. The maximum atomic E-state index is 15.6. The second-order valence-electron chi connectivity index (χ2n) is 30.2. The first-order valence-corrected chi connectivity index (χ1v) is 37.2. The van der Waals surface area contributed by atoms with Crippen LogP contribution in [0, 0.1) is 35.5 Å². The summed E-state index contributed by atoms with van der Waals surface area (Å²) in [5.41, 5.74) is -1.54. The van der Waals surface area contributed by atoms with Crippen LogP contribution in [0.1, 0.15) is 170 Å². The fourth-order valence-electron chi connectivity index (χ4n) is 15.0. The summed E-state index contributed by atoms with van der Waals surface area (Å²) >= 11 is 6.39. The van der Waals surface area contributed by atoms with Crippen molar-refractivity contribution in [3.8, 4) is 0 Å². The molecule has 0 aromatic rings. The van der Waals surface area contributed by atoms with E-state index >= 15 is 24.0 Å². The van der Waals surface area contributed by atoms with E-state index in [4.69, 9.17) is 21.1 Å². The molecule has 3 saturated heterocycles. The van der Waals surface area contributed by atoms with Gasteiger partial charge in [0.1, 0.15) is 47.8 Å². The third-order valence-electron chi connectivity index (χ3n) is 21.7. The Morgan fingerprint density at radius 3 is 1.90 bits per heavy atom. The molecule has 6 fully saturated rings. The van der Waals surface area contributed by atoms with E-state index in [0.717, 1.165) is 27.5 Å². The van der Waals surface area contributed by atoms with Crippen LogP contribution in [0.25, 0.3) is 0 Å². The number of hydrogen-bond acceptors (Lipinski definition) is 14. The third-order valence-corrected chi connectivity index (χ3v) is 22.2. The van der Waals surface area contributed by atoms with Crippen LogP contribution in [0.15, 0.2) is 0 Å². The zero-order valence-electron chi connectivity index (χ0n) is 62.0. The number of hydrogen-bond donors (Lipinski definition) is 3. The molecule has 3 saturated carbocycles. The highest BCUT2D eigenvalue weighted by atomic mass is 35.5. The Hall–Kier alpha value is -6.36. The molecule has 11 atom stereocenters. The van der Waals surface area contributed by atoms with E-state index in [1.807, 2.05) is 34.6 Å². The first-order valence-electron chi connectivity index (χ1n) is 36.8. The van der Waals surface area contributed by atoms with Crippen LogP contribution in [0.2, 0.25) is 0 Å². The summed E-state index contributed by atoms with van der Waals surface area (Å²) in [6, 6.07) is -8.94. The van der Waals surface area contributed by atoms with Crippen LogP contribution in [-0.2, 0) is 67.0 Å². The monoisotopic (exact) mass is 1450 g/mol. The standard InChI is InChI=1S/C71H116ClF3N12O14/c1-14-30-86-55(43-101-34-27-44(3)4)65(95)80(9)40-56(88)76-51(26-24-47-23-25-49(50(72)38-47)71(73,74)75)64(94)87-31-18-22-52(87)63(93)78-70(28-19-29-70)69(99)84(13)61(48-20-16-17-21-48)68(98)83(12)54(66(96)85-32-35-100-36-33-85)39-57(89)82(11)53(37-45(5)6)62(92)77-60(46(7)15-2)67(97)81(10)41-58(90)79(8)42-59(86)91/h44-55,60-61H,14-43H2,1-13H3,(H,76,88)(H,77,92)(H,78,93)/t46-,47?,49?,50?,51-,52-,53-,54-,55-,60-,61-/m0/s1. The fraction of sp³-hybridized carbons (Fsp3) is 0.831. The Kier molecular flexibility index (Phi) is 31.4. The summed E-state index contributed by atoms with van der Waals surface area (Å²) in [5.74, 6) is -11.0. The van der Waals surface area contributed by atoms with Gasteiger partial charge in [0.05, 0.1) is 51.8 Å². The molecule has 1 spiro atoms. The number of fused-ring (bicyclic) bond motifs is 1. The second kappa shape index (κ2) is 37.9. The summed E-state index contributed by atoms with van der Waals surface area (Å²) < 4.78 is 53.7. The number of likely N-dealkylation sites (N-methyl/N-ethyl adjacent to an activating group) is 6. The van der Waals surface area contributed by atoms with Crippen molar-refractivity contribution in [2.24, 2.45) is 35.5 Å². The molecule has 101 heavy (non-hydrogen) atoms. The van der Waals surface area contributed by atoms with E-state index in [1.54, 1.807) is 13.8 Å². The van der Waals surface area contributed by atoms with Gasteiger partial charge in [-0.05, 0) is 126 Å². The van der Waals surface area contributed by atoms with Crippen molar-refractivity contribution in [3.63, 3.8) is 0 Å². The third kappa shape index (κ3) is 21.9. The van der Waals surface area contributed by atoms with E-state index in [9.17, 15) is 46.7 Å². The van der Waals surface area contributed by atoms with Gasteiger partial charge in [-0.25, -0.2) is 0 Å². The lowest BCUT2D eigenvalue weighted by atomic mass is 9.74. The number of alkyl halides is 4. The molecule has 3 heterocycles. The average Bonchev–Trinajstić information content (AvgIpc) is 0.959. The first-order chi connectivity index (χ1) is 47.6. The van der Waals surface area contributed by atoms with E-state index < -0.39 is 174 Å². The molecule has 30 heteroatoms. The summed E-state index contributed by atoms with van der Waals surface area (Å²) in [4.78, 5) is 190. The first kappa shape index (κ1) is 83.6. The Balaban J connectivity index is 1.42. The van der Waals surface area contributed by atoms with Crippen LogP contribution in [0.4, 0.5) is 13.2 Å². The van der Waals surface area contributed by atoms with Crippen LogP contribution in [0.5, 0.6) is 0 Å². The van der Waals surface area contributed by atoms with E-state index in [0.29, 0.717) is 44.9 Å². The van der Waals surface area contributed by atoms with Gasteiger partial charge >= 0.3 is 6.18 Å². The Morgan fingerprint density at radius 2 is 1.32 bits per heavy atom. The SMILES string of the molecule is CCCN1C(=O)CN(C)C(=O)CN(C)C(=O)[C@H]([C@@H](C)CC)NC(=O)[C@H](CC(C)C)N(C)C(=O)C[C@@H](C(=O)N2CCOCC2)N(C)C(=O)[C@H](C2CCCC2)N(C)C(=O)C2(CCC2)NC(=O)[C@@H]2CCCN2C(=O)[C@H](CCC2CCC(C(F)(F)F)C(Cl)C2)NC(=O)CN(C)C(=O)[C@@H]1COCCC(C)C. The number of rotatable bonds is 16. The van der Waals surface area contributed by atoms with Crippen molar-refractivity contribution < 1.29 is 80.2 Å². The molecule has 6 aliphatic rings. The highest BCUT2D eigenvalue weighted by Gasteiger charge is 2.53. The largest absolute Gasteiger partial charge is 0.393 e. The molecule has 572 valence electrons. The molecular weight excluding hydrogens is 1340 g/mol. The van der Waals surface area contributed by atoms with Crippen LogP contribution < -0.4 is 16.0 Å². The maximum Gasteiger partial charge on any atom is 0.393 e. The molecule has 12 amide bonds. The second-order valence-corrected chi connectivity index (χ2v) is 30.7. The van der Waals surface area contributed by atoms with E-state index in [1.165, 1.54) is 71.7 Å². The molecule has 3 aliphatic carbocycles. The minimum absolute atomic E-state index is 0.00411. The van der Waals surface area contributed by atoms with Crippen molar-refractivity contribution in [2.75, 3.05) is 115 Å². The van der Waals surface area contributed by atoms with Gasteiger partial charge in [-0.2, -0.15) is 13.2 Å². The maximum absolute atomic E-state index is 15.6. The van der Waals surface area contributed by atoms with E-state index in [2.05, 4.69) is 16.0 Å². The van der Waals surface area contributed by atoms with Crippen LogP contribution >= 0.6 is 11.6 Å². The molecule has 26 nitrogen and oxygen atoms in total. The quantitative estimate of drug-likeness (QED) is 0.143. The number of carbonyl (C=O) groups is 12. The van der Waals surface area contributed by atoms with Gasteiger partial charge in [0.25, 0.3) is 0 Å². The molecule has 6 rings (SSSR count). The number of halogens is 4. The van der Waals surface area contributed by atoms with Gasteiger partial charge in [-0.15, -0.1) is 11.6 Å². The zero-order chi connectivity index (χ0) is 75.0. The molecule has 3 unspecified atom stereocenters. The minimum atomic E-state index is -4.52. The molecule has 0 bridgehead atoms. The topological polar surface area (TPSA) is 289 Å². The number of morpholine rings is 1. The molecule has 0 aromatic heterocycles. The van der Waals surface area contributed by atoms with Gasteiger partial charge in [0.2, 0.25) is 70.9 Å². The van der Waals surface area contributed by atoms with Gasteiger partial charge in [-0.3, -0.25) is 57.5 Å². The van der Waals surface area contributed by atoms with Crippen molar-refractivity contribution in [3.05, 3.63) is 0 Å². The van der Waals surface area contributed by atoms with Crippen molar-refractivity contribution in [1.29, 1.82) is 0 Å². The summed E-state index contributed by atoms with van der Waals surface area (Å²) in [7, 11) is 8.42.